The average Bonchev–Trinajstić information content (AvgIpc) is 2.26. The van der Waals surface area contributed by atoms with E-state index in [9.17, 15) is 19.2 Å². The summed E-state index contributed by atoms with van der Waals surface area (Å²) in [4.78, 5) is 42.6. The van der Waals surface area contributed by atoms with Gasteiger partial charge in [0, 0.05) is 0 Å². The van der Waals surface area contributed by atoms with Gasteiger partial charge in [-0.2, -0.15) is 0 Å². The number of rotatable bonds is 8. The molecule has 0 spiro atoms. The van der Waals surface area contributed by atoms with E-state index in [0.29, 0.717) is 0 Å². The molecule has 0 bridgehead atoms. The molecule has 0 aromatic heterocycles. The molecule has 0 fully saturated rings. The van der Waals surface area contributed by atoms with E-state index in [-0.39, 0.29) is 0 Å². The number of esters is 2. The number of carbonyl (C=O) groups excluding carboxylic acids is 2. The molecule has 0 aromatic rings. The van der Waals surface area contributed by atoms with E-state index in [1.54, 1.807) is 0 Å². The van der Waals surface area contributed by atoms with Crippen LogP contribution >= 0.6 is 0 Å². The van der Waals surface area contributed by atoms with Crippen molar-refractivity contribution in [2.45, 2.75) is 24.9 Å². The standard InChI is InChI=1S/C9H14N2O8/c10-4(1-6(12)13)8(16)18-3-19-9(17)5(11)2-7(14)15/h4-5H,1-3,10-11H2,(H,12,13)(H,14,15)/t4-,5?/m0/s1. The molecule has 0 aromatic carbocycles. The first-order valence-corrected chi connectivity index (χ1v) is 5.02. The zero-order valence-corrected chi connectivity index (χ0v) is 9.77. The van der Waals surface area contributed by atoms with Crippen LogP contribution in [0, 0.1) is 0 Å². The topological polar surface area (TPSA) is 179 Å². The number of carbonyl (C=O) groups is 4. The Morgan fingerprint density at radius 1 is 0.842 bits per heavy atom. The van der Waals surface area contributed by atoms with Gasteiger partial charge < -0.3 is 31.2 Å². The van der Waals surface area contributed by atoms with Gasteiger partial charge in [-0.25, -0.2) is 0 Å². The monoisotopic (exact) mass is 278 g/mol. The fraction of sp³-hybridized carbons (Fsp3) is 0.556. The van der Waals surface area contributed by atoms with Gasteiger partial charge in [-0.3, -0.25) is 19.2 Å². The molecular weight excluding hydrogens is 264 g/mol. The van der Waals surface area contributed by atoms with E-state index < -0.39 is 55.6 Å². The van der Waals surface area contributed by atoms with E-state index in [0.717, 1.165) is 0 Å². The lowest BCUT2D eigenvalue weighted by Gasteiger charge is -2.11. The Kier molecular flexibility index (Phi) is 7.07. The van der Waals surface area contributed by atoms with Crippen molar-refractivity contribution in [2.24, 2.45) is 11.5 Å². The third-order valence-corrected chi connectivity index (χ3v) is 1.80. The molecular formula is C9H14N2O8. The summed E-state index contributed by atoms with van der Waals surface area (Å²) in [5, 5.41) is 16.7. The summed E-state index contributed by atoms with van der Waals surface area (Å²) in [6.45, 7) is -0.821. The second-order valence-electron chi connectivity index (χ2n) is 3.45. The second-order valence-corrected chi connectivity index (χ2v) is 3.45. The predicted molar refractivity (Wildman–Crippen MR) is 57.5 cm³/mol. The molecule has 0 rings (SSSR count). The summed E-state index contributed by atoms with van der Waals surface area (Å²) >= 11 is 0. The maximum Gasteiger partial charge on any atom is 0.326 e. The first-order valence-electron chi connectivity index (χ1n) is 5.02. The molecule has 0 aliphatic carbocycles. The van der Waals surface area contributed by atoms with Crippen LogP contribution in [-0.2, 0) is 28.7 Å². The number of aliphatic carboxylic acids is 2. The Hall–Kier alpha value is -2.20. The molecule has 10 heteroatoms. The van der Waals surface area contributed by atoms with E-state index in [1.165, 1.54) is 0 Å². The highest BCUT2D eigenvalue weighted by Gasteiger charge is 2.21. The SMILES string of the molecule is NC(CC(=O)O)C(=O)OCOC(=O)[C@@H](N)CC(=O)O. The molecule has 1 unspecified atom stereocenters. The zero-order valence-electron chi connectivity index (χ0n) is 9.77. The Bertz CT molecular complexity index is 335. The van der Waals surface area contributed by atoms with Crippen LogP contribution in [-0.4, -0.2) is 53.0 Å². The minimum atomic E-state index is -1.39. The molecule has 0 aliphatic heterocycles. The summed E-state index contributed by atoms with van der Waals surface area (Å²) < 4.78 is 8.71. The molecule has 19 heavy (non-hydrogen) atoms. The molecule has 0 saturated carbocycles. The minimum absolute atomic E-state index is 0.634. The number of ether oxygens (including phenoxy) is 2. The highest BCUT2D eigenvalue weighted by Crippen LogP contribution is 1.96. The number of carboxylic acids is 2. The largest absolute Gasteiger partial charge is 0.481 e. The summed E-state index contributed by atoms with van der Waals surface area (Å²) in [6.07, 6.45) is -1.27. The van der Waals surface area contributed by atoms with Crippen molar-refractivity contribution < 1.29 is 38.9 Å². The highest BCUT2D eigenvalue weighted by atomic mass is 16.7. The Morgan fingerprint density at radius 3 is 1.42 bits per heavy atom. The molecule has 0 saturated heterocycles. The lowest BCUT2D eigenvalue weighted by atomic mass is 10.2. The maximum atomic E-state index is 11.1. The summed E-state index contributed by atoms with van der Waals surface area (Å²) in [6, 6.07) is -2.77. The lowest BCUT2D eigenvalue weighted by Crippen LogP contribution is -2.37. The van der Waals surface area contributed by atoms with E-state index in [4.69, 9.17) is 21.7 Å². The first kappa shape index (κ1) is 16.8. The van der Waals surface area contributed by atoms with Gasteiger partial charge in [-0.1, -0.05) is 0 Å². The fourth-order valence-electron chi connectivity index (χ4n) is 0.903. The van der Waals surface area contributed by atoms with Gasteiger partial charge >= 0.3 is 23.9 Å². The van der Waals surface area contributed by atoms with Crippen LogP contribution < -0.4 is 11.5 Å². The van der Waals surface area contributed by atoms with Crippen molar-refractivity contribution in [3.05, 3.63) is 0 Å². The van der Waals surface area contributed by atoms with E-state index in [2.05, 4.69) is 9.47 Å². The number of hydrogen-bond donors (Lipinski definition) is 4. The van der Waals surface area contributed by atoms with Crippen LogP contribution in [0.15, 0.2) is 0 Å². The van der Waals surface area contributed by atoms with Crippen LogP contribution in [0.1, 0.15) is 12.8 Å². The van der Waals surface area contributed by atoms with E-state index >= 15 is 0 Å². The normalized spacial score (nSPS) is 13.2. The van der Waals surface area contributed by atoms with Crippen LogP contribution in [0.2, 0.25) is 0 Å². The first-order chi connectivity index (χ1) is 8.73. The van der Waals surface area contributed by atoms with Crippen LogP contribution in [0.5, 0.6) is 0 Å². The highest BCUT2D eigenvalue weighted by molar-refractivity contribution is 5.83. The van der Waals surface area contributed by atoms with Gasteiger partial charge in [-0.15, -0.1) is 0 Å². The maximum absolute atomic E-state index is 11.1. The van der Waals surface area contributed by atoms with Gasteiger partial charge in [0.15, 0.2) is 0 Å². The zero-order chi connectivity index (χ0) is 15.0. The summed E-state index contributed by atoms with van der Waals surface area (Å²) in [5.41, 5.74) is 10.3. The van der Waals surface area contributed by atoms with Crippen molar-refractivity contribution in [1.82, 2.24) is 0 Å². The summed E-state index contributed by atoms with van der Waals surface area (Å²) in [5.74, 6) is -4.71. The van der Waals surface area contributed by atoms with Gasteiger partial charge in [0.25, 0.3) is 0 Å². The molecule has 108 valence electrons. The fourth-order valence-corrected chi connectivity index (χ4v) is 0.903. The Morgan fingerprint density at radius 2 is 1.16 bits per heavy atom. The van der Waals surface area contributed by atoms with Crippen molar-refractivity contribution in [3.63, 3.8) is 0 Å². The van der Waals surface area contributed by atoms with Gasteiger partial charge in [-0.05, 0) is 0 Å². The predicted octanol–water partition coefficient (Wildman–Crippen LogP) is -2.37. The second kappa shape index (κ2) is 8.00. The lowest BCUT2D eigenvalue weighted by molar-refractivity contribution is -0.171. The minimum Gasteiger partial charge on any atom is -0.481 e. The molecule has 10 nitrogen and oxygen atoms in total. The molecule has 0 heterocycles. The Balaban J connectivity index is 3.96. The number of carboxylic acid groups (broad SMARTS) is 2. The van der Waals surface area contributed by atoms with Crippen molar-refractivity contribution in [1.29, 1.82) is 0 Å². The van der Waals surface area contributed by atoms with Gasteiger partial charge in [0.2, 0.25) is 6.79 Å². The molecule has 0 radical (unpaired) electrons. The molecule has 0 aliphatic rings. The third-order valence-electron chi connectivity index (χ3n) is 1.80. The van der Waals surface area contributed by atoms with Crippen molar-refractivity contribution >= 4 is 23.9 Å². The van der Waals surface area contributed by atoms with Crippen molar-refractivity contribution in [3.8, 4) is 0 Å². The Labute approximate surface area is 107 Å². The van der Waals surface area contributed by atoms with Gasteiger partial charge in [0.05, 0.1) is 12.8 Å². The van der Waals surface area contributed by atoms with Crippen molar-refractivity contribution in [2.75, 3.05) is 6.79 Å². The molecule has 2 atom stereocenters. The van der Waals surface area contributed by atoms with Crippen LogP contribution in [0.25, 0.3) is 0 Å². The van der Waals surface area contributed by atoms with Gasteiger partial charge in [0.1, 0.15) is 12.1 Å². The average molecular weight is 278 g/mol. The third kappa shape index (κ3) is 7.68. The van der Waals surface area contributed by atoms with Crippen LogP contribution in [0.4, 0.5) is 0 Å². The van der Waals surface area contributed by atoms with E-state index in [1.807, 2.05) is 0 Å². The molecule has 0 amide bonds. The summed E-state index contributed by atoms with van der Waals surface area (Å²) in [7, 11) is 0. The smallest absolute Gasteiger partial charge is 0.326 e. The number of nitrogens with two attached hydrogens (primary N) is 2. The molecule has 6 N–H and O–H groups in total. The number of hydrogen-bond acceptors (Lipinski definition) is 8. The quantitative estimate of drug-likeness (QED) is 0.277. The van der Waals surface area contributed by atoms with Crippen LogP contribution in [0.3, 0.4) is 0 Å².